The maximum atomic E-state index is 2.41. The van der Waals surface area contributed by atoms with Crippen molar-refractivity contribution in [3.05, 3.63) is 35.4 Å². The second-order valence-electron chi connectivity index (χ2n) is 4.61. The molecule has 0 bridgehead atoms. The number of rotatable bonds is 2. The predicted molar refractivity (Wildman–Crippen MR) is 61.6 cm³/mol. The molecule has 0 amide bonds. The Morgan fingerprint density at radius 3 is 2.86 bits per heavy atom. The summed E-state index contributed by atoms with van der Waals surface area (Å²) in [5.41, 5.74) is 3.23. The Morgan fingerprint density at radius 1 is 1.29 bits per heavy atom. The summed E-state index contributed by atoms with van der Waals surface area (Å²) < 4.78 is 0. The summed E-state index contributed by atoms with van der Waals surface area (Å²) in [6.45, 7) is 4.71. The van der Waals surface area contributed by atoms with Gasteiger partial charge >= 0.3 is 0 Å². The molecule has 2 atom stereocenters. The first-order valence-electron chi connectivity index (χ1n) is 5.90. The normalized spacial score (nSPS) is 25.9. The van der Waals surface area contributed by atoms with Gasteiger partial charge in [0.25, 0.3) is 0 Å². The number of hydrogen-bond acceptors (Lipinski definition) is 0. The molecule has 0 fully saturated rings. The van der Waals surface area contributed by atoms with Crippen LogP contribution in [0.2, 0.25) is 0 Å². The highest BCUT2D eigenvalue weighted by atomic mass is 14.3. The fourth-order valence-corrected chi connectivity index (χ4v) is 2.77. The fraction of sp³-hybridized carbons (Fsp3) is 0.571. The molecule has 0 spiro atoms. The summed E-state index contributed by atoms with van der Waals surface area (Å²) in [5.74, 6) is 1.70. The summed E-state index contributed by atoms with van der Waals surface area (Å²) >= 11 is 0. The number of hydrogen-bond donors (Lipinski definition) is 0. The molecule has 1 aromatic carbocycles. The van der Waals surface area contributed by atoms with Gasteiger partial charge in [-0.2, -0.15) is 0 Å². The van der Waals surface area contributed by atoms with E-state index < -0.39 is 0 Å². The van der Waals surface area contributed by atoms with Crippen LogP contribution in [0.15, 0.2) is 24.3 Å². The van der Waals surface area contributed by atoms with Gasteiger partial charge in [0, 0.05) is 0 Å². The quantitative estimate of drug-likeness (QED) is 0.654. The molecule has 0 aromatic heterocycles. The fourth-order valence-electron chi connectivity index (χ4n) is 2.77. The maximum Gasteiger partial charge on any atom is -0.0133 e. The lowest BCUT2D eigenvalue weighted by Gasteiger charge is -2.31. The van der Waals surface area contributed by atoms with Crippen molar-refractivity contribution in [2.24, 2.45) is 5.92 Å². The van der Waals surface area contributed by atoms with E-state index in [1.165, 1.54) is 25.7 Å². The summed E-state index contributed by atoms with van der Waals surface area (Å²) in [4.78, 5) is 0. The maximum absolute atomic E-state index is 2.41. The van der Waals surface area contributed by atoms with Crippen LogP contribution < -0.4 is 0 Å². The standard InChI is InChI=1S/C14H20/c1-3-6-13-11(2)9-10-12-7-4-5-8-14(12)13/h4-5,7-8,11,13H,3,6,9-10H2,1-2H3. The smallest absolute Gasteiger partial charge is 0.0133 e. The molecular weight excluding hydrogens is 168 g/mol. The molecule has 0 saturated heterocycles. The first-order chi connectivity index (χ1) is 6.83. The average molecular weight is 188 g/mol. The number of benzene rings is 1. The van der Waals surface area contributed by atoms with Gasteiger partial charge in [-0.25, -0.2) is 0 Å². The van der Waals surface area contributed by atoms with Gasteiger partial charge in [0.15, 0.2) is 0 Å². The van der Waals surface area contributed by atoms with Gasteiger partial charge < -0.3 is 0 Å². The van der Waals surface area contributed by atoms with E-state index >= 15 is 0 Å². The summed E-state index contributed by atoms with van der Waals surface area (Å²) in [7, 11) is 0. The molecule has 14 heavy (non-hydrogen) atoms. The van der Waals surface area contributed by atoms with Crippen LogP contribution in [-0.2, 0) is 6.42 Å². The van der Waals surface area contributed by atoms with E-state index in [4.69, 9.17) is 0 Å². The lowest BCUT2D eigenvalue weighted by atomic mass is 9.74. The molecule has 1 aliphatic carbocycles. The molecule has 0 saturated carbocycles. The Kier molecular flexibility index (Phi) is 2.90. The van der Waals surface area contributed by atoms with Gasteiger partial charge in [-0.15, -0.1) is 0 Å². The number of aryl methyl sites for hydroxylation is 1. The molecule has 0 aliphatic heterocycles. The molecule has 0 nitrogen and oxygen atoms in total. The summed E-state index contributed by atoms with van der Waals surface area (Å²) in [5, 5.41) is 0. The highest BCUT2D eigenvalue weighted by molar-refractivity contribution is 5.33. The number of fused-ring (bicyclic) bond motifs is 1. The molecule has 0 heteroatoms. The van der Waals surface area contributed by atoms with E-state index in [0.717, 1.165) is 11.8 Å². The van der Waals surface area contributed by atoms with Crippen molar-refractivity contribution in [3.63, 3.8) is 0 Å². The Morgan fingerprint density at radius 2 is 2.07 bits per heavy atom. The van der Waals surface area contributed by atoms with Crippen molar-refractivity contribution in [3.8, 4) is 0 Å². The first kappa shape index (κ1) is 9.76. The SMILES string of the molecule is CCCC1c2ccccc2CCC1C. The predicted octanol–water partition coefficient (Wildman–Crippen LogP) is 4.15. The third kappa shape index (κ3) is 1.70. The van der Waals surface area contributed by atoms with Gasteiger partial charge in [-0.1, -0.05) is 44.5 Å². The minimum atomic E-state index is 0.824. The largest absolute Gasteiger partial charge is 0.0654 e. The Labute approximate surface area is 87.3 Å². The van der Waals surface area contributed by atoms with Gasteiger partial charge in [-0.05, 0) is 42.2 Å². The molecule has 2 rings (SSSR count). The van der Waals surface area contributed by atoms with E-state index in [-0.39, 0.29) is 0 Å². The zero-order chi connectivity index (χ0) is 9.97. The molecule has 76 valence electrons. The highest BCUT2D eigenvalue weighted by Gasteiger charge is 2.24. The zero-order valence-corrected chi connectivity index (χ0v) is 9.29. The van der Waals surface area contributed by atoms with E-state index in [2.05, 4.69) is 38.1 Å². The second-order valence-corrected chi connectivity index (χ2v) is 4.61. The van der Waals surface area contributed by atoms with Crippen LogP contribution in [0.25, 0.3) is 0 Å². The third-order valence-electron chi connectivity index (χ3n) is 3.61. The minimum Gasteiger partial charge on any atom is -0.0654 e. The Bertz CT molecular complexity index is 301. The molecule has 2 unspecified atom stereocenters. The molecule has 0 heterocycles. The van der Waals surface area contributed by atoms with Crippen molar-refractivity contribution in [1.82, 2.24) is 0 Å². The van der Waals surface area contributed by atoms with Crippen molar-refractivity contribution in [1.29, 1.82) is 0 Å². The monoisotopic (exact) mass is 188 g/mol. The van der Waals surface area contributed by atoms with Crippen LogP contribution >= 0.6 is 0 Å². The van der Waals surface area contributed by atoms with Crippen LogP contribution in [0.3, 0.4) is 0 Å². The minimum absolute atomic E-state index is 0.824. The van der Waals surface area contributed by atoms with E-state index in [0.29, 0.717) is 0 Å². The summed E-state index contributed by atoms with van der Waals surface area (Å²) in [6, 6.07) is 9.02. The molecule has 0 radical (unpaired) electrons. The van der Waals surface area contributed by atoms with Crippen molar-refractivity contribution >= 4 is 0 Å². The second kappa shape index (κ2) is 4.16. The van der Waals surface area contributed by atoms with E-state index in [1.807, 2.05) is 0 Å². The first-order valence-corrected chi connectivity index (χ1v) is 5.90. The topological polar surface area (TPSA) is 0 Å². The van der Waals surface area contributed by atoms with Crippen LogP contribution in [0.4, 0.5) is 0 Å². The van der Waals surface area contributed by atoms with Gasteiger partial charge in [0.05, 0.1) is 0 Å². The van der Waals surface area contributed by atoms with E-state index in [1.54, 1.807) is 11.1 Å². The van der Waals surface area contributed by atoms with Crippen molar-refractivity contribution in [2.75, 3.05) is 0 Å². The van der Waals surface area contributed by atoms with Crippen LogP contribution in [0.1, 0.15) is 50.2 Å². The van der Waals surface area contributed by atoms with Gasteiger partial charge in [0.1, 0.15) is 0 Å². The van der Waals surface area contributed by atoms with Crippen LogP contribution in [-0.4, -0.2) is 0 Å². The van der Waals surface area contributed by atoms with Gasteiger partial charge in [0.2, 0.25) is 0 Å². The highest BCUT2D eigenvalue weighted by Crippen LogP contribution is 2.38. The van der Waals surface area contributed by atoms with E-state index in [9.17, 15) is 0 Å². The Hall–Kier alpha value is -0.780. The molecule has 0 N–H and O–H groups in total. The van der Waals surface area contributed by atoms with Crippen molar-refractivity contribution < 1.29 is 0 Å². The third-order valence-corrected chi connectivity index (χ3v) is 3.61. The zero-order valence-electron chi connectivity index (χ0n) is 9.29. The van der Waals surface area contributed by atoms with Crippen LogP contribution in [0, 0.1) is 5.92 Å². The molecular formula is C14H20. The average Bonchev–Trinajstić information content (AvgIpc) is 2.23. The van der Waals surface area contributed by atoms with Crippen molar-refractivity contribution in [2.45, 2.75) is 45.4 Å². The lowest BCUT2D eigenvalue weighted by molar-refractivity contribution is 0.381. The molecule has 1 aromatic rings. The van der Waals surface area contributed by atoms with Crippen LogP contribution in [0.5, 0.6) is 0 Å². The molecule has 1 aliphatic rings. The van der Waals surface area contributed by atoms with Gasteiger partial charge in [-0.3, -0.25) is 0 Å². The Balaban J connectivity index is 2.31. The summed E-state index contributed by atoms with van der Waals surface area (Å²) in [6.07, 6.45) is 5.33. The lowest BCUT2D eigenvalue weighted by Crippen LogP contribution is -2.18.